The lowest BCUT2D eigenvalue weighted by molar-refractivity contribution is -0.709. The van der Waals surface area contributed by atoms with Gasteiger partial charge in [0.05, 0.1) is 29.6 Å². The number of halogens is 2. The van der Waals surface area contributed by atoms with Gasteiger partial charge in [-0.05, 0) is 6.42 Å². The largest absolute Gasteiger partial charge is 0.569 e. The normalized spacial score (nSPS) is 13.4. The number of hydrogen-bond donors (Lipinski definition) is 5. The highest BCUT2D eigenvalue weighted by atomic mass is 35.5. The third-order valence-electron chi connectivity index (χ3n) is 4.03. The summed E-state index contributed by atoms with van der Waals surface area (Å²) < 4.78 is 24.8. The number of carbonyl (C=O) groups is 4. The van der Waals surface area contributed by atoms with E-state index in [0.717, 1.165) is 5.01 Å². The van der Waals surface area contributed by atoms with E-state index < -0.39 is 76.8 Å². The van der Waals surface area contributed by atoms with Gasteiger partial charge in [0.2, 0.25) is 17.1 Å². The average Bonchev–Trinajstić information content (AvgIpc) is 2.77. The highest BCUT2D eigenvalue weighted by Crippen LogP contribution is 2.01. The Balaban J connectivity index is 5.10. The smallest absolute Gasteiger partial charge is 0.322 e. The van der Waals surface area contributed by atoms with Crippen LogP contribution in [0.3, 0.4) is 0 Å². The van der Waals surface area contributed by atoms with Gasteiger partial charge in [-0.25, -0.2) is 8.42 Å². The molecular weight excluding hydrogens is 539 g/mol. The maximum atomic E-state index is 12.4. The minimum atomic E-state index is -4.10. The van der Waals surface area contributed by atoms with E-state index >= 15 is 0 Å². The molecule has 0 radical (unpaired) electrons. The van der Waals surface area contributed by atoms with E-state index in [1.807, 2.05) is 5.32 Å². The summed E-state index contributed by atoms with van der Waals surface area (Å²) in [6.45, 7) is -1.21. The van der Waals surface area contributed by atoms with E-state index in [9.17, 15) is 32.8 Å². The van der Waals surface area contributed by atoms with Crippen LogP contribution in [0, 0.1) is 5.21 Å². The molecule has 0 unspecified atom stereocenters. The quantitative estimate of drug-likeness (QED) is 0.0369. The van der Waals surface area contributed by atoms with E-state index in [1.165, 1.54) is 0 Å². The Morgan fingerprint density at radius 3 is 2.29 bits per heavy atom. The number of carbonyl (C=O) groups excluding carboxylic acids is 2. The van der Waals surface area contributed by atoms with Crippen molar-refractivity contribution in [2.45, 2.75) is 24.9 Å². The van der Waals surface area contributed by atoms with Crippen LogP contribution in [0.25, 0.3) is 0 Å². The summed E-state index contributed by atoms with van der Waals surface area (Å²) in [5.74, 6) is -6.19. The Morgan fingerprint density at radius 2 is 1.77 bits per heavy atom. The Morgan fingerprint density at radius 1 is 1.17 bits per heavy atom. The predicted octanol–water partition coefficient (Wildman–Crippen LogP) is -2.13. The van der Waals surface area contributed by atoms with Crippen molar-refractivity contribution >= 4 is 56.8 Å². The molecule has 19 heteroatoms. The number of hydrogen-bond acceptors (Lipinski definition) is 10. The van der Waals surface area contributed by atoms with Crippen LogP contribution in [0.4, 0.5) is 0 Å². The maximum Gasteiger partial charge on any atom is 0.322 e. The van der Waals surface area contributed by atoms with Crippen LogP contribution in [-0.2, 0) is 33.9 Å². The molecule has 0 aliphatic rings. The number of nitrogens with two attached hydrogens (primary N) is 1. The van der Waals surface area contributed by atoms with E-state index in [4.69, 9.17) is 44.0 Å². The average molecular weight is 567 g/mol. The molecule has 0 saturated heterocycles. The first-order valence-electron chi connectivity index (χ1n) is 9.97. The Labute approximate surface area is 210 Å². The summed E-state index contributed by atoms with van der Waals surface area (Å²) in [6.07, 6.45) is -0.721. The summed E-state index contributed by atoms with van der Waals surface area (Å²) in [4.78, 5) is 50.4. The molecule has 0 bridgehead atoms. The first-order chi connectivity index (χ1) is 16.3. The van der Waals surface area contributed by atoms with Crippen molar-refractivity contribution in [2.75, 3.05) is 49.5 Å². The van der Waals surface area contributed by atoms with E-state index in [-0.39, 0.29) is 36.2 Å². The number of amides is 2. The first-order valence-corrected chi connectivity index (χ1v) is 12.9. The summed E-state index contributed by atoms with van der Waals surface area (Å²) >= 11 is 11.1. The lowest BCUT2D eigenvalue weighted by Crippen LogP contribution is -2.51. The number of sulfone groups is 1. The minimum absolute atomic E-state index is 0.0571. The molecule has 0 aromatic carbocycles. The second kappa shape index (κ2) is 16.9. The van der Waals surface area contributed by atoms with Crippen molar-refractivity contribution in [3.05, 3.63) is 5.21 Å². The molecule has 0 aliphatic heterocycles. The third kappa shape index (κ3) is 15.1. The number of hydrazine groups is 1. The summed E-state index contributed by atoms with van der Waals surface area (Å²) in [6, 6.07) is -3.04. The van der Waals surface area contributed by atoms with Gasteiger partial charge in [0.15, 0.2) is 9.84 Å². The fraction of sp³-hybridized carbons (Fsp3) is 0.750. The van der Waals surface area contributed by atoms with Crippen molar-refractivity contribution in [3.63, 3.8) is 0 Å². The minimum Gasteiger partial charge on any atom is -0.569 e. The van der Waals surface area contributed by atoms with Crippen LogP contribution in [0.15, 0.2) is 5.28 Å². The van der Waals surface area contributed by atoms with Gasteiger partial charge in [0, 0.05) is 18.2 Å². The molecule has 16 nitrogen and oxygen atoms in total. The van der Waals surface area contributed by atoms with Gasteiger partial charge in [-0.15, -0.1) is 28.2 Å². The van der Waals surface area contributed by atoms with Crippen LogP contribution < -0.4 is 16.4 Å². The summed E-state index contributed by atoms with van der Waals surface area (Å²) in [7, 11) is -4.10. The number of alkyl halides is 2. The van der Waals surface area contributed by atoms with Crippen molar-refractivity contribution in [3.8, 4) is 0 Å². The zero-order valence-electron chi connectivity index (χ0n) is 18.5. The molecule has 0 saturated carbocycles. The number of rotatable bonds is 19. The Bertz CT molecular complexity index is 854. The fourth-order valence-corrected chi connectivity index (χ4v) is 3.89. The van der Waals surface area contributed by atoms with Crippen molar-refractivity contribution in [1.82, 2.24) is 15.6 Å². The predicted molar refractivity (Wildman–Crippen MR) is 121 cm³/mol. The lowest BCUT2D eigenvalue weighted by atomic mass is 10.1. The van der Waals surface area contributed by atoms with Crippen LogP contribution in [0.2, 0.25) is 0 Å². The Hall–Kier alpha value is -2.63. The monoisotopic (exact) mass is 566 g/mol. The number of carboxylic acids is 2. The summed E-state index contributed by atoms with van der Waals surface area (Å²) in [5, 5.41) is 37.6. The molecule has 6 N–H and O–H groups in total. The summed E-state index contributed by atoms with van der Waals surface area (Å²) in [5.41, 5.74) is 5.30. The van der Waals surface area contributed by atoms with E-state index in [1.54, 1.807) is 0 Å². The fourth-order valence-electron chi connectivity index (χ4n) is 2.27. The molecule has 2 atom stereocenters. The van der Waals surface area contributed by atoms with Crippen LogP contribution in [0.1, 0.15) is 12.8 Å². The van der Waals surface area contributed by atoms with Crippen LogP contribution in [0.5, 0.6) is 0 Å². The maximum absolute atomic E-state index is 12.4. The van der Waals surface area contributed by atoms with Gasteiger partial charge < -0.3 is 36.6 Å². The van der Waals surface area contributed by atoms with Gasteiger partial charge >= 0.3 is 11.9 Å². The van der Waals surface area contributed by atoms with Gasteiger partial charge in [-0.3, -0.25) is 19.2 Å². The second-order valence-electron chi connectivity index (χ2n) is 6.83. The molecule has 202 valence electrons. The second-order valence-corrected chi connectivity index (χ2v) is 9.81. The van der Waals surface area contributed by atoms with Gasteiger partial charge in [0.1, 0.15) is 25.2 Å². The zero-order valence-corrected chi connectivity index (χ0v) is 20.8. The van der Waals surface area contributed by atoms with Crippen molar-refractivity contribution < 1.29 is 47.6 Å². The molecular formula is C16H28Cl2N6O10S. The Kier molecular flexibility index (Phi) is 15.6. The van der Waals surface area contributed by atoms with Crippen molar-refractivity contribution in [1.29, 1.82) is 0 Å². The van der Waals surface area contributed by atoms with E-state index in [0.29, 0.717) is 0 Å². The molecule has 0 fully saturated rings. The number of aliphatic carboxylic acids is 2. The molecule has 0 spiro atoms. The molecule has 0 aliphatic carbocycles. The third-order valence-corrected chi connectivity index (χ3v) is 5.99. The molecule has 0 rings (SSSR count). The molecule has 0 heterocycles. The highest BCUT2D eigenvalue weighted by molar-refractivity contribution is 7.91. The van der Waals surface area contributed by atoms with Crippen LogP contribution >= 0.6 is 23.2 Å². The lowest BCUT2D eigenvalue weighted by Gasteiger charge is -2.18. The molecule has 35 heavy (non-hydrogen) atoms. The van der Waals surface area contributed by atoms with Gasteiger partial charge in [-0.2, -0.15) is 0 Å². The standard InChI is InChI=1S/C16H28Cl2N6O10S/c17-3-5-23(6-4-18)24(31)22-34-7-8-35(32,33)10-12(15(28)20-9-14(26)27)21-13(25)2-1-11(19)16(29)30/h11-12H,1-10,19H2,(H,20,28)(H,21,25)(H,26,27)(H,29,30)/b24-22-/t11-,12-/m0/s1. The van der Waals surface area contributed by atoms with Gasteiger partial charge in [-0.1, -0.05) is 0 Å². The molecule has 0 aromatic heterocycles. The van der Waals surface area contributed by atoms with Crippen molar-refractivity contribution in [2.24, 2.45) is 11.0 Å². The highest BCUT2D eigenvalue weighted by Gasteiger charge is 2.28. The molecule has 2 amide bonds. The number of nitrogens with one attached hydrogen (secondary N) is 2. The van der Waals surface area contributed by atoms with Gasteiger partial charge in [0.25, 0.3) is 0 Å². The SMILES string of the molecule is N[C@@H](CCC(=O)N[C@@H](CS(=O)(=O)CCO/N=[N+](\[O-])N(CCCl)CCCl)C(=O)NCC(=O)O)C(=O)O. The van der Waals surface area contributed by atoms with Crippen LogP contribution in [-0.4, -0.2) is 114 Å². The zero-order chi connectivity index (χ0) is 27.0. The number of carboxylic acid groups (broad SMARTS) is 2. The number of nitrogens with zero attached hydrogens (tertiary/aromatic N) is 3. The molecule has 0 aromatic rings. The first kappa shape index (κ1) is 32.4. The topological polar surface area (TPSA) is 244 Å². The van der Waals surface area contributed by atoms with E-state index in [2.05, 4.69) is 10.6 Å².